The highest BCUT2D eigenvalue weighted by Gasteiger charge is 2.49. The SMILES string of the molecule is CCO[C@@H]1CN(Cc2ccccc2)C(=O)[C@@]2(CCCN(Cc3ccc(Cl)cn3)C2)C1. The summed E-state index contributed by atoms with van der Waals surface area (Å²) in [5, 5.41) is 0.646. The van der Waals surface area contributed by atoms with E-state index in [-0.39, 0.29) is 17.4 Å². The average Bonchev–Trinajstić information content (AvgIpc) is 2.75. The third-order valence-electron chi connectivity index (χ3n) is 6.23. The first-order chi connectivity index (χ1) is 14.6. The molecule has 3 heterocycles. The first kappa shape index (κ1) is 21.3. The van der Waals surface area contributed by atoms with Crippen LogP contribution >= 0.6 is 11.6 Å². The van der Waals surface area contributed by atoms with Crippen molar-refractivity contribution < 1.29 is 9.53 Å². The van der Waals surface area contributed by atoms with E-state index in [2.05, 4.69) is 22.0 Å². The Hall–Kier alpha value is -1.95. The van der Waals surface area contributed by atoms with Gasteiger partial charge in [0.15, 0.2) is 0 Å². The van der Waals surface area contributed by atoms with Crippen LogP contribution in [0.5, 0.6) is 0 Å². The fourth-order valence-electron chi connectivity index (χ4n) is 4.97. The van der Waals surface area contributed by atoms with Gasteiger partial charge in [0, 0.05) is 39.0 Å². The minimum atomic E-state index is -0.377. The smallest absolute Gasteiger partial charge is 0.230 e. The molecule has 0 N–H and O–H groups in total. The number of hydrogen-bond donors (Lipinski definition) is 0. The number of hydrogen-bond acceptors (Lipinski definition) is 4. The first-order valence-corrected chi connectivity index (χ1v) is 11.2. The summed E-state index contributed by atoms with van der Waals surface area (Å²) in [5.74, 6) is 0.274. The van der Waals surface area contributed by atoms with Gasteiger partial charge in [-0.25, -0.2) is 0 Å². The van der Waals surface area contributed by atoms with Crippen LogP contribution in [0.2, 0.25) is 5.02 Å². The molecule has 2 fully saturated rings. The number of benzene rings is 1. The van der Waals surface area contributed by atoms with Crippen LogP contribution in [0.25, 0.3) is 0 Å². The van der Waals surface area contributed by atoms with E-state index in [1.807, 2.05) is 42.2 Å². The van der Waals surface area contributed by atoms with Crippen LogP contribution in [0.3, 0.4) is 0 Å². The van der Waals surface area contributed by atoms with Crippen molar-refractivity contribution in [2.45, 2.75) is 45.4 Å². The number of rotatable bonds is 6. The van der Waals surface area contributed by atoms with Gasteiger partial charge in [0.1, 0.15) is 0 Å². The Morgan fingerprint density at radius 1 is 1.20 bits per heavy atom. The summed E-state index contributed by atoms with van der Waals surface area (Å²) in [7, 11) is 0. The molecule has 2 aliphatic heterocycles. The Morgan fingerprint density at radius 2 is 2.03 bits per heavy atom. The van der Waals surface area contributed by atoms with Gasteiger partial charge in [-0.05, 0) is 50.4 Å². The quantitative estimate of drug-likeness (QED) is 0.694. The lowest BCUT2D eigenvalue weighted by Crippen LogP contribution is -2.59. The molecule has 1 spiro atoms. The van der Waals surface area contributed by atoms with Gasteiger partial charge in [-0.1, -0.05) is 41.9 Å². The molecule has 2 atom stereocenters. The van der Waals surface area contributed by atoms with Crippen molar-refractivity contribution in [3.63, 3.8) is 0 Å². The van der Waals surface area contributed by atoms with Gasteiger partial charge >= 0.3 is 0 Å². The molecule has 0 aliphatic carbocycles. The number of ether oxygens (including phenoxy) is 1. The van der Waals surface area contributed by atoms with E-state index in [1.54, 1.807) is 6.20 Å². The standard InChI is InChI=1S/C24H30ClN3O2/c1-2-30-22-13-24(23(29)28(17-22)15-19-7-4-3-5-8-19)11-6-12-27(18-24)16-21-10-9-20(25)14-26-21/h3-5,7-10,14,22H,2,6,11-13,15-18H2,1H3/t22-,24-/m0/s1. The number of nitrogens with zero attached hydrogens (tertiary/aromatic N) is 3. The van der Waals surface area contributed by atoms with Gasteiger partial charge in [-0.2, -0.15) is 0 Å². The maximum Gasteiger partial charge on any atom is 0.230 e. The minimum Gasteiger partial charge on any atom is -0.377 e. The Bertz CT molecular complexity index is 845. The third kappa shape index (κ3) is 4.85. The van der Waals surface area contributed by atoms with E-state index in [9.17, 15) is 4.79 Å². The number of piperidine rings is 2. The van der Waals surface area contributed by atoms with E-state index in [4.69, 9.17) is 16.3 Å². The number of halogens is 1. The average molecular weight is 428 g/mol. The number of amides is 1. The van der Waals surface area contributed by atoms with Crippen molar-refractivity contribution in [3.05, 3.63) is 64.9 Å². The fraction of sp³-hybridized carbons (Fsp3) is 0.500. The van der Waals surface area contributed by atoms with Crippen LogP contribution in [0, 0.1) is 5.41 Å². The summed E-state index contributed by atoms with van der Waals surface area (Å²) in [6.07, 6.45) is 4.51. The van der Waals surface area contributed by atoms with E-state index in [1.165, 1.54) is 0 Å². The normalized spacial score (nSPS) is 25.1. The zero-order valence-electron chi connectivity index (χ0n) is 17.6. The van der Waals surface area contributed by atoms with Gasteiger partial charge in [0.05, 0.1) is 22.2 Å². The Morgan fingerprint density at radius 3 is 2.77 bits per heavy atom. The van der Waals surface area contributed by atoms with Crippen LogP contribution < -0.4 is 0 Å². The molecule has 1 amide bonds. The summed E-state index contributed by atoms with van der Waals surface area (Å²) in [5.41, 5.74) is 1.77. The lowest BCUT2D eigenvalue weighted by Gasteiger charge is -2.49. The lowest BCUT2D eigenvalue weighted by atomic mass is 9.72. The molecule has 6 heteroatoms. The lowest BCUT2D eigenvalue weighted by molar-refractivity contribution is -0.161. The zero-order valence-corrected chi connectivity index (χ0v) is 18.4. The van der Waals surface area contributed by atoms with Crippen LogP contribution in [0.1, 0.15) is 37.4 Å². The molecule has 30 heavy (non-hydrogen) atoms. The molecule has 0 saturated carbocycles. The summed E-state index contributed by atoms with van der Waals surface area (Å²) < 4.78 is 6.05. The van der Waals surface area contributed by atoms with Crippen LogP contribution in [-0.4, -0.2) is 53.0 Å². The molecule has 4 rings (SSSR count). The number of likely N-dealkylation sites (tertiary alicyclic amines) is 2. The maximum atomic E-state index is 13.7. The van der Waals surface area contributed by atoms with E-state index in [0.29, 0.717) is 24.7 Å². The van der Waals surface area contributed by atoms with Crippen LogP contribution in [0.4, 0.5) is 0 Å². The second-order valence-corrected chi connectivity index (χ2v) is 8.95. The summed E-state index contributed by atoms with van der Waals surface area (Å²) in [4.78, 5) is 22.5. The topological polar surface area (TPSA) is 45.7 Å². The second kappa shape index (κ2) is 9.46. The predicted molar refractivity (Wildman–Crippen MR) is 118 cm³/mol. The molecular weight excluding hydrogens is 398 g/mol. The van der Waals surface area contributed by atoms with E-state index >= 15 is 0 Å². The maximum absolute atomic E-state index is 13.7. The molecule has 2 saturated heterocycles. The molecule has 1 aromatic heterocycles. The largest absolute Gasteiger partial charge is 0.377 e. The molecule has 0 radical (unpaired) electrons. The molecule has 2 aliphatic rings. The van der Waals surface area contributed by atoms with Crippen molar-refractivity contribution >= 4 is 17.5 Å². The van der Waals surface area contributed by atoms with Gasteiger partial charge in [-0.15, -0.1) is 0 Å². The molecule has 5 nitrogen and oxygen atoms in total. The van der Waals surface area contributed by atoms with Gasteiger partial charge < -0.3 is 9.64 Å². The Balaban J connectivity index is 1.52. The monoisotopic (exact) mass is 427 g/mol. The summed E-state index contributed by atoms with van der Waals surface area (Å²) in [6.45, 7) is 6.49. The highest BCUT2D eigenvalue weighted by molar-refractivity contribution is 6.30. The third-order valence-corrected chi connectivity index (χ3v) is 6.46. The number of carbonyl (C=O) groups is 1. The zero-order chi connectivity index (χ0) is 21.0. The van der Waals surface area contributed by atoms with E-state index in [0.717, 1.165) is 50.2 Å². The van der Waals surface area contributed by atoms with Gasteiger partial charge in [0.25, 0.3) is 0 Å². The van der Waals surface area contributed by atoms with Gasteiger partial charge in [-0.3, -0.25) is 14.7 Å². The second-order valence-electron chi connectivity index (χ2n) is 8.52. The van der Waals surface area contributed by atoms with Crippen molar-refractivity contribution in [1.29, 1.82) is 0 Å². The van der Waals surface area contributed by atoms with Crippen molar-refractivity contribution in [3.8, 4) is 0 Å². The molecule has 0 bridgehead atoms. The Kier molecular flexibility index (Phi) is 6.71. The predicted octanol–water partition coefficient (Wildman–Crippen LogP) is 4.15. The number of carbonyl (C=O) groups excluding carboxylic acids is 1. The number of pyridine rings is 1. The Labute approximate surface area is 184 Å². The molecule has 0 unspecified atom stereocenters. The van der Waals surface area contributed by atoms with Crippen molar-refractivity contribution in [2.24, 2.45) is 5.41 Å². The minimum absolute atomic E-state index is 0.0880. The molecular formula is C24H30ClN3O2. The summed E-state index contributed by atoms with van der Waals surface area (Å²) in [6, 6.07) is 14.1. The summed E-state index contributed by atoms with van der Waals surface area (Å²) >= 11 is 5.98. The van der Waals surface area contributed by atoms with Crippen LogP contribution in [0.15, 0.2) is 48.7 Å². The van der Waals surface area contributed by atoms with Gasteiger partial charge in [0.2, 0.25) is 5.91 Å². The van der Waals surface area contributed by atoms with E-state index < -0.39 is 0 Å². The highest BCUT2D eigenvalue weighted by atomic mass is 35.5. The number of aromatic nitrogens is 1. The molecule has 1 aromatic carbocycles. The van der Waals surface area contributed by atoms with Crippen molar-refractivity contribution in [1.82, 2.24) is 14.8 Å². The highest BCUT2D eigenvalue weighted by Crippen LogP contribution is 2.41. The first-order valence-electron chi connectivity index (χ1n) is 10.9. The van der Waals surface area contributed by atoms with Crippen LogP contribution in [-0.2, 0) is 22.6 Å². The fourth-order valence-corrected chi connectivity index (χ4v) is 5.08. The van der Waals surface area contributed by atoms with Crippen molar-refractivity contribution in [2.75, 3.05) is 26.2 Å². The molecule has 160 valence electrons. The molecule has 2 aromatic rings.